The number of amides is 1. The topological polar surface area (TPSA) is 73.4 Å². The van der Waals surface area contributed by atoms with Gasteiger partial charge in [-0.1, -0.05) is 27.5 Å². The molecule has 2 heterocycles. The van der Waals surface area contributed by atoms with E-state index in [-0.39, 0.29) is 11.7 Å². The number of ether oxygens (including phenoxy) is 1. The maximum Gasteiger partial charge on any atom is 0.253 e. The van der Waals surface area contributed by atoms with Crippen LogP contribution in [-0.4, -0.2) is 33.2 Å². The highest BCUT2D eigenvalue weighted by Crippen LogP contribution is 2.37. The van der Waals surface area contributed by atoms with Gasteiger partial charge in [0, 0.05) is 39.1 Å². The molecule has 1 aliphatic rings. The molecular formula is C27H23BrClFN4O2. The van der Waals surface area contributed by atoms with Crippen molar-refractivity contribution in [3.8, 4) is 16.9 Å². The lowest BCUT2D eigenvalue weighted by Crippen LogP contribution is -2.32. The molecule has 36 heavy (non-hydrogen) atoms. The van der Waals surface area contributed by atoms with E-state index >= 15 is 0 Å². The molecule has 1 amide bonds. The first kappa shape index (κ1) is 24.5. The number of hydrogen-bond donors (Lipinski definition) is 1. The number of anilines is 1. The number of nitrogens with two attached hydrogens (primary N) is 1. The molecule has 2 atom stereocenters. The van der Waals surface area contributed by atoms with Crippen molar-refractivity contribution in [2.45, 2.75) is 25.7 Å². The number of hydrogen-bond acceptors (Lipinski definition) is 4. The Kier molecular flexibility index (Phi) is 6.83. The summed E-state index contributed by atoms with van der Waals surface area (Å²) in [5.74, 6) is -0.451. The SMILES string of the molecule is C[C@H]1O[C@H](c2cn(-c3ccc(Br)cc3)nc2-c2ccc(F)cc2)N(CCc2cc(N)cc(Cl)c2)C1=O. The van der Waals surface area contributed by atoms with Crippen molar-refractivity contribution in [2.75, 3.05) is 12.3 Å². The highest BCUT2D eigenvalue weighted by atomic mass is 79.9. The minimum atomic E-state index is -0.659. The summed E-state index contributed by atoms with van der Waals surface area (Å²) in [6.07, 6.45) is 1.14. The molecule has 4 aromatic rings. The van der Waals surface area contributed by atoms with Gasteiger partial charge in [-0.25, -0.2) is 9.07 Å². The van der Waals surface area contributed by atoms with E-state index in [0.29, 0.717) is 34.9 Å². The maximum absolute atomic E-state index is 13.7. The third-order valence-corrected chi connectivity index (χ3v) is 6.83. The second-order valence-corrected chi connectivity index (χ2v) is 10.0. The van der Waals surface area contributed by atoms with Crippen molar-refractivity contribution in [3.05, 3.63) is 99.4 Å². The lowest BCUT2D eigenvalue weighted by Gasteiger charge is -2.23. The normalized spacial score (nSPS) is 17.7. The van der Waals surface area contributed by atoms with Gasteiger partial charge in [-0.05, 0) is 85.6 Å². The summed E-state index contributed by atoms with van der Waals surface area (Å²) in [6.45, 7) is 2.14. The highest BCUT2D eigenvalue weighted by Gasteiger charge is 2.40. The number of aromatic nitrogens is 2. The Morgan fingerprint density at radius 1 is 1.11 bits per heavy atom. The van der Waals surface area contributed by atoms with Crippen LogP contribution in [0.25, 0.3) is 16.9 Å². The summed E-state index contributed by atoms with van der Waals surface area (Å²) in [7, 11) is 0. The molecule has 1 aliphatic heterocycles. The second kappa shape index (κ2) is 10.0. The molecule has 9 heteroatoms. The molecule has 1 fully saturated rings. The highest BCUT2D eigenvalue weighted by molar-refractivity contribution is 9.10. The van der Waals surface area contributed by atoms with Crippen molar-refractivity contribution >= 4 is 39.1 Å². The molecule has 0 aliphatic carbocycles. The zero-order valence-electron chi connectivity index (χ0n) is 19.4. The minimum Gasteiger partial charge on any atom is -0.399 e. The molecule has 0 saturated carbocycles. The lowest BCUT2D eigenvalue weighted by atomic mass is 10.1. The summed E-state index contributed by atoms with van der Waals surface area (Å²) in [4.78, 5) is 14.8. The number of rotatable bonds is 6. The molecule has 0 radical (unpaired) electrons. The Hall–Kier alpha value is -3.20. The Morgan fingerprint density at radius 3 is 2.53 bits per heavy atom. The van der Waals surface area contributed by atoms with E-state index in [2.05, 4.69) is 15.9 Å². The van der Waals surface area contributed by atoms with Crippen molar-refractivity contribution < 1.29 is 13.9 Å². The standard InChI is InChI=1S/C27H23BrClFN4O2/c1-16-26(35)33(11-10-17-12-20(29)14-22(31)13-17)27(36-16)24-15-34(23-8-4-19(28)5-9-23)32-25(24)18-2-6-21(30)7-3-18/h2-9,12-16,27H,10-11,31H2,1H3/t16-,27-/m1/s1. The first-order valence-corrected chi connectivity index (χ1v) is 12.6. The summed E-state index contributed by atoms with van der Waals surface area (Å²) in [5.41, 5.74) is 10.3. The minimum absolute atomic E-state index is 0.114. The van der Waals surface area contributed by atoms with Crippen molar-refractivity contribution in [1.82, 2.24) is 14.7 Å². The molecule has 184 valence electrons. The summed E-state index contributed by atoms with van der Waals surface area (Å²) in [5, 5.41) is 5.36. The zero-order chi connectivity index (χ0) is 25.4. The molecular weight excluding hydrogens is 547 g/mol. The van der Waals surface area contributed by atoms with E-state index in [1.807, 2.05) is 42.6 Å². The number of halogens is 3. The average Bonchev–Trinajstić information content (AvgIpc) is 3.39. The average molecular weight is 570 g/mol. The summed E-state index contributed by atoms with van der Waals surface area (Å²) >= 11 is 9.62. The van der Waals surface area contributed by atoms with E-state index < -0.39 is 12.3 Å². The Bertz CT molecular complexity index is 1390. The molecule has 0 spiro atoms. The fraction of sp³-hybridized carbons (Fsp3) is 0.185. The Morgan fingerprint density at radius 2 is 1.83 bits per heavy atom. The number of nitrogens with zero attached hydrogens (tertiary/aromatic N) is 3. The number of benzene rings is 3. The van der Waals surface area contributed by atoms with Crippen LogP contribution in [0.1, 0.15) is 24.3 Å². The van der Waals surface area contributed by atoms with Gasteiger partial charge in [-0.3, -0.25) is 4.79 Å². The molecule has 3 aromatic carbocycles. The maximum atomic E-state index is 13.7. The Balaban J connectivity index is 1.53. The third-order valence-electron chi connectivity index (χ3n) is 6.09. The fourth-order valence-electron chi connectivity index (χ4n) is 4.34. The van der Waals surface area contributed by atoms with Crippen LogP contribution in [0.4, 0.5) is 10.1 Å². The number of carbonyl (C=O) groups is 1. The molecule has 5 rings (SSSR count). The third kappa shape index (κ3) is 5.02. The van der Waals surface area contributed by atoms with Crippen molar-refractivity contribution in [2.24, 2.45) is 0 Å². The number of nitrogen functional groups attached to an aromatic ring is 1. The van der Waals surface area contributed by atoms with Crippen LogP contribution in [0, 0.1) is 5.82 Å². The molecule has 2 N–H and O–H groups in total. The van der Waals surface area contributed by atoms with Crippen molar-refractivity contribution in [3.63, 3.8) is 0 Å². The molecule has 6 nitrogen and oxygen atoms in total. The van der Waals surface area contributed by atoms with Gasteiger partial charge in [0.05, 0.1) is 5.69 Å². The predicted octanol–water partition coefficient (Wildman–Crippen LogP) is 6.17. The van der Waals surface area contributed by atoms with Gasteiger partial charge in [0.2, 0.25) is 0 Å². The van der Waals surface area contributed by atoms with Gasteiger partial charge in [-0.15, -0.1) is 0 Å². The van der Waals surface area contributed by atoms with Crippen LogP contribution in [0.2, 0.25) is 5.02 Å². The Labute approximate surface area is 221 Å². The number of carbonyl (C=O) groups excluding carboxylic acids is 1. The van der Waals surface area contributed by atoms with Gasteiger partial charge >= 0.3 is 0 Å². The van der Waals surface area contributed by atoms with Gasteiger partial charge in [0.15, 0.2) is 6.23 Å². The summed E-state index contributed by atoms with van der Waals surface area (Å²) < 4.78 is 22.5. The molecule has 1 saturated heterocycles. The second-order valence-electron chi connectivity index (χ2n) is 8.67. The van der Waals surface area contributed by atoms with Crippen LogP contribution in [0.5, 0.6) is 0 Å². The van der Waals surface area contributed by atoms with E-state index in [1.165, 1.54) is 12.1 Å². The first-order valence-electron chi connectivity index (χ1n) is 11.4. The van der Waals surface area contributed by atoms with Crippen LogP contribution >= 0.6 is 27.5 Å². The van der Waals surface area contributed by atoms with Gasteiger partial charge in [0.25, 0.3) is 5.91 Å². The largest absolute Gasteiger partial charge is 0.399 e. The quantitative estimate of drug-likeness (QED) is 0.282. The fourth-order valence-corrected chi connectivity index (χ4v) is 4.87. The predicted molar refractivity (Wildman–Crippen MR) is 141 cm³/mol. The molecule has 0 unspecified atom stereocenters. The monoisotopic (exact) mass is 568 g/mol. The van der Waals surface area contributed by atoms with E-state index in [4.69, 9.17) is 27.2 Å². The van der Waals surface area contributed by atoms with Crippen LogP contribution in [-0.2, 0) is 16.0 Å². The summed E-state index contributed by atoms with van der Waals surface area (Å²) in [6, 6.07) is 19.2. The van der Waals surface area contributed by atoms with Crippen molar-refractivity contribution in [1.29, 1.82) is 0 Å². The van der Waals surface area contributed by atoms with Crippen LogP contribution in [0.3, 0.4) is 0 Å². The van der Waals surface area contributed by atoms with E-state index in [1.54, 1.807) is 34.7 Å². The lowest BCUT2D eigenvalue weighted by molar-refractivity contribution is -0.130. The van der Waals surface area contributed by atoms with Crippen LogP contribution < -0.4 is 5.73 Å². The van der Waals surface area contributed by atoms with Crippen LogP contribution in [0.15, 0.2) is 77.4 Å². The van der Waals surface area contributed by atoms with E-state index in [0.717, 1.165) is 21.3 Å². The molecule has 0 bridgehead atoms. The van der Waals surface area contributed by atoms with Gasteiger partial charge in [-0.2, -0.15) is 5.10 Å². The zero-order valence-corrected chi connectivity index (χ0v) is 21.7. The van der Waals surface area contributed by atoms with Gasteiger partial charge in [0.1, 0.15) is 17.6 Å². The first-order chi connectivity index (χ1) is 17.3. The smallest absolute Gasteiger partial charge is 0.253 e. The van der Waals surface area contributed by atoms with Gasteiger partial charge < -0.3 is 15.4 Å². The van der Waals surface area contributed by atoms with E-state index in [9.17, 15) is 9.18 Å². The molecule has 1 aromatic heterocycles.